The molecule has 114 heavy (non-hydrogen) atoms. The van der Waals surface area contributed by atoms with Gasteiger partial charge in [-0.2, -0.15) is 0 Å². The number of epoxide rings is 1. The lowest BCUT2D eigenvalue weighted by atomic mass is 9.71. The molecule has 7 N–H and O–H groups in total. The Morgan fingerprint density at radius 3 is 1.40 bits per heavy atom. The second kappa shape index (κ2) is 42.2. The minimum absolute atomic E-state index is 0.0266. The minimum Gasteiger partial charge on any atom is -0.484 e. The number of esters is 2. The molecule has 10 unspecified atom stereocenters. The second-order valence-electron chi connectivity index (χ2n) is 29.3. The highest BCUT2D eigenvalue weighted by atomic mass is 16.8. The zero-order valence-electron chi connectivity index (χ0n) is 64.5. The molecule has 596 valence electrons. The maximum absolute atomic E-state index is 12.0. The summed E-state index contributed by atoms with van der Waals surface area (Å²) < 4.78 is 34.2. The van der Waals surface area contributed by atoms with Crippen LogP contribution in [-0.4, -0.2) is 130 Å². The van der Waals surface area contributed by atoms with E-state index in [-0.39, 0.29) is 60.4 Å². The van der Waals surface area contributed by atoms with Crippen molar-refractivity contribution in [2.24, 2.45) is 10.8 Å². The van der Waals surface area contributed by atoms with Crippen molar-refractivity contribution < 1.29 is 97.0 Å². The summed E-state index contributed by atoms with van der Waals surface area (Å²) in [5.74, 6) is -0.0393. The van der Waals surface area contributed by atoms with Gasteiger partial charge in [0.15, 0.2) is 23.8 Å². The fourth-order valence-electron chi connectivity index (χ4n) is 12.6. The first-order valence-corrected chi connectivity index (χ1v) is 37.7. The van der Waals surface area contributed by atoms with Crippen molar-refractivity contribution in [2.45, 2.75) is 135 Å². The summed E-state index contributed by atoms with van der Waals surface area (Å²) >= 11 is 0. The molecule has 10 atom stereocenters. The number of carbonyl (C=O) groups excluding carboxylic acids is 8. The molecule has 8 aliphatic rings. The molecule has 1 saturated carbocycles. The number of aliphatic hydroxyl groups excluding tert-OH is 5. The van der Waals surface area contributed by atoms with Crippen LogP contribution in [0.2, 0.25) is 0 Å². The number of benzene rings is 10. The van der Waals surface area contributed by atoms with Crippen LogP contribution in [0.1, 0.15) is 164 Å². The van der Waals surface area contributed by atoms with Crippen LogP contribution >= 0.6 is 0 Å². The Morgan fingerprint density at radius 2 is 1.03 bits per heavy atom. The Balaban J connectivity index is 0.000000148. The lowest BCUT2D eigenvalue weighted by Gasteiger charge is -2.31. The summed E-state index contributed by atoms with van der Waals surface area (Å²) in [5, 5.41) is 55.9. The molecule has 2 amide bonds. The van der Waals surface area contributed by atoms with Gasteiger partial charge in [-0.05, 0) is 92.4 Å². The number of rotatable bonds is 8. The number of ketones is 3. The third-order valence-corrected chi connectivity index (χ3v) is 18.8. The summed E-state index contributed by atoms with van der Waals surface area (Å²) in [5.41, 5.74) is 7.50. The summed E-state index contributed by atoms with van der Waals surface area (Å²) in [4.78, 5) is 85.7. The molecule has 0 aromatic heterocycles. The number of alkyl carbamates (subject to hydrolysis) is 1. The van der Waals surface area contributed by atoms with Crippen molar-refractivity contribution >= 4 is 69.0 Å². The van der Waals surface area contributed by atoms with Gasteiger partial charge < -0.3 is 69.3 Å². The van der Waals surface area contributed by atoms with Gasteiger partial charge in [0.1, 0.15) is 55.3 Å². The van der Waals surface area contributed by atoms with Crippen molar-refractivity contribution in [2.75, 3.05) is 33.0 Å². The number of β-amino-alcohol motifs (C(OH)–C–C–N with tert-alkyl or cyclic N) is 1. The fraction of sp³-hybridized carbons (Fsp3) is 0.304. The maximum atomic E-state index is 12.0. The largest absolute Gasteiger partial charge is 0.508 e. The highest BCUT2D eigenvalue weighted by molar-refractivity contribution is 6.03. The molecule has 7 aliphatic heterocycles. The van der Waals surface area contributed by atoms with Crippen LogP contribution in [0.25, 0.3) is 21.5 Å². The predicted octanol–water partition coefficient (Wildman–Crippen LogP) is 15.0. The highest BCUT2D eigenvalue weighted by Gasteiger charge is 2.43. The van der Waals surface area contributed by atoms with E-state index in [0.29, 0.717) is 79.5 Å². The summed E-state index contributed by atoms with van der Waals surface area (Å²) in [6.45, 7) is 13.4. The zero-order valence-corrected chi connectivity index (χ0v) is 64.5. The number of nitrogens with one attached hydrogen (secondary N) is 2. The van der Waals surface area contributed by atoms with E-state index in [1.165, 1.54) is 21.9 Å². The smallest absolute Gasteiger partial charge is 0.484 e. The van der Waals surface area contributed by atoms with Gasteiger partial charge in [0.05, 0.1) is 49.9 Å². The van der Waals surface area contributed by atoms with E-state index in [1.807, 2.05) is 140 Å². The first kappa shape index (κ1) is 86.2. The third kappa shape index (κ3) is 26.2. The Bertz CT molecular complexity index is 4650. The number of Topliss-reactive ketones (excluding diaryl/α,β-unsaturated/α-hetero) is 3. The Kier molecular flexibility index (Phi) is 31.9. The van der Waals surface area contributed by atoms with E-state index in [9.17, 15) is 48.6 Å². The Hall–Kier alpha value is -11.8. The summed E-state index contributed by atoms with van der Waals surface area (Å²) in [6.07, 6.45) is -1.57. The van der Waals surface area contributed by atoms with Crippen LogP contribution in [0.4, 0.5) is 9.59 Å². The van der Waals surface area contributed by atoms with Crippen molar-refractivity contribution in [3.8, 4) is 5.75 Å². The fourth-order valence-corrected chi connectivity index (χ4v) is 12.6. The minimum atomic E-state index is -1.08. The molecule has 0 spiro atoms. The number of cyclic esters (lactones) is 5. The molecule has 10 aromatic rings. The van der Waals surface area contributed by atoms with Crippen LogP contribution in [0.3, 0.4) is 0 Å². The van der Waals surface area contributed by atoms with Crippen LogP contribution < -0.4 is 15.4 Å². The molecule has 6 saturated heterocycles. The molecule has 18 rings (SSSR count). The summed E-state index contributed by atoms with van der Waals surface area (Å²) in [7, 11) is 0. The molecule has 0 bridgehead atoms. The second-order valence-corrected chi connectivity index (χ2v) is 29.3. The lowest BCUT2D eigenvalue weighted by Crippen LogP contribution is -2.31. The van der Waals surface area contributed by atoms with Crippen molar-refractivity contribution in [3.63, 3.8) is 0 Å². The van der Waals surface area contributed by atoms with Gasteiger partial charge in [-0.3, -0.25) is 19.2 Å². The number of para-hydroxylation sites is 1. The SMILES string of the molecule is CC(O)c1c2ccccc2cc2ccccc12.CC1(C)CC(=O)C1.CC1(C)COC(=O)C1O.CC1COC(=O)O1.O=C(c1ccccc1)C(O)c1ccccc1.O=C1CC(O)CN1.O=C1CC(c2ccccc2)Oc2ccccc21.O=C1NC(c2ccccc2)CO1.O=C1OCCC1O.c1ccc(C2OC2c2ccccc2)cc1. The van der Waals surface area contributed by atoms with Crippen molar-refractivity contribution in [1.82, 2.24) is 10.6 Å². The standard InChI is InChI=1S/C16H14O.C15H12O2.C14H12O2.C14H12O.C9H9NO2.C6H10O3.C6H10O.C4H7NO2.2C4H6O3/c1-11(17)16-14-8-4-2-6-12(14)10-13-7-3-5-9-15(13)16;16-13-10-15(11-6-2-1-3-7-11)17-14-9-5-4-8-12(13)14;15-13(11-7-3-1-4-8-11)14(16)12-9-5-2-6-10-12;1-3-7-11(8-4-1)13-14(15-13)12-9-5-2-6-10-12;11-9-10-8(6-12-9)7-4-2-1-3-5-7;1-6(2)3-9-5(8)4(6)7;1-6(2)3-5(7)4-6;6-3-1-4(7)5-2-3;1-3-2-6-4(5)7-3;5-3-1-2-7-4(3)6/h2-11,17H,1H3;1-9,15H,10H2;1-10,13,15H;1-10,13-14H;1-5,8H,6H2,(H,10,11);4,7H,3H2,1-2H3;3-4H2,1-2H3;3,6H,1-2H2,(H,5,7);3H,2H2,1H3;3,5H,1-2H2. The number of hydrogen-bond acceptors (Lipinski definition) is 20. The number of fused-ring (bicyclic) bond motifs is 3. The highest BCUT2D eigenvalue weighted by Crippen LogP contribution is 2.50. The molecule has 1 aliphatic carbocycles. The number of ether oxygens (including phenoxy) is 7. The number of amides is 2. The molecule has 22 nitrogen and oxygen atoms in total. The van der Waals surface area contributed by atoms with Crippen LogP contribution in [-0.2, 0) is 47.6 Å². The molecule has 0 radical (unpaired) electrons. The molecular weight excluding hydrogens is 1450 g/mol. The van der Waals surface area contributed by atoms with Crippen LogP contribution in [0, 0.1) is 10.8 Å². The molecular formula is C92H98N2O20. The van der Waals surface area contributed by atoms with Gasteiger partial charge >= 0.3 is 24.2 Å². The lowest BCUT2D eigenvalue weighted by molar-refractivity contribution is -0.145. The maximum Gasteiger partial charge on any atom is 0.508 e. The van der Waals surface area contributed by atoms with E-state index in [1.54, 1.807) is 69.3 Å². The quantitative estimate of drug-likeness (QED) is 0.0244. The van der Waals surface area contributed by atoms with E-state index >= 15 is 0 Å². The van der Waals surface area contributed by atoms with Crippen molar-refractivity contribution in [3.05, 3.63) is 305 Å². The van der Waals surface area contributed by atoms with Gasteiger partial charge in [0.2, 0.25) is 5.91 Å². The van der Waals surface area contributed by atoms with E-state index in [2.05, 4.69) is 122 Å². The van der Waals surface area contributed by atoms with Crippen LogP contribution in [0.5, 0.6) is 5.75 Å². The predicted molar refractivity (Wildman–Crippen MR) is 428 cm³/mol. The first-order valence-electron chi connectivity index (χ1n) is 37.7. The van der Waals surface area contributed by atoms with Gasteiger partial charge in [0.25, 0.3) is 0 Å². The van der Waals surface area contributed by atoms with Gasteiger partial charge in [-0.25, -0.2) is 19.2 Å². The molecule has 7 heterocycles. The zero-order chi connectivity index (χ0) is 81.7. The molecule has 10 aromatic carbocycles. The van der Waals surface area contributed by atoms with E-state index in [0.717, 1.165) is 40.3 Å². The molecule has 7 fully saturated rings. The van der Waals surface area contributed by atoms with Gasteiger partial charge in [-0.1, -0.05) is 270 Å². The topological polar surface area (TPSA) is 330 Å². The van der Waals surface area contributed by atoms with Gasteiger partial charge in [-0.15, -0.1) is 0 Å². The average Bonchev–Trinajstić information content (AvgIpc) is 1.56. The molecule has 22 heteroatoms. The van der Waals surface area contributed by atoms with Gasteiger partial charge in [0, 0.05) is 36.8 Å². The van der Waals surface area contributed by atoms with E-state index < -0.39 is 54.0 Å². The van der Waals surface area contributed by atoms with E-state index in [4.69, 9.17) is 29.5 Å². The number of aliphatic hydroxyl groups is 5. The number of hydrogen-bond donors (Lipinski definition) is 7. The van der Waals surface area contributed by atoms with Crippen molar-refractivity contribution in [1.29, 1.82) is 0 Å². The Labute approximate surface area is 662 Å². The Morgan fingerprint density at radius 1 is 0.526 bits per heavy atom. The van der Waals surface area contributed by atoms with Crippen LogP contribution in [0.15, 0.2) is 261 Å². The monoisotopic (exact) mass is 1550 g/mol. The third-order valence-electron chi connectivity index (χ3n) is 18.8. The number of carbonyl (C=O) groups is 8. The normalized spacial score (nSPS) is 21.5. The first-order chi connectivity index (χ1) is 54.7. The average molecular weight is 1550 g/mol. The summed E-state index contributed by atoms with van der Waals surface area (Å²) in [6, 6.07) is 84.2.